The van der Waals surface area contributed by atoms with Crippen molar-refractivity contribution in [2.24, 2.45) is 11.7 Å². The summed E-state index contributed by atoms with van der Waals surface area (Å²) < 4.78 is 19.6. The van der Waals surface area contributed by atoms with Crippen molar-refractivity contribution in [3.63, 3.8) is 0 Å². The van der Waals surface area contributed by atoms with E-state index in [0.29, 0.717) is 29.8 Å². The van der Waals surface area contributed by atoms with Crippen LogP contribution in [0.2, 0.25) is 0 Å². The quantitative estimate of drug-likeness (QED) is 0.670. The molecule has 3 rings (SSSR count). The summed E-state index contributed by atoms with van der Waals surface area (Å²) in [4.78, 5) is 15.8. The van der Waals surface area contributed by atoms with Crippen LogP contribution in [0.4, 0.5) is 4.39 Å². The molecule has 0 fully saturated rings. The lowest BCUT2D eigenvalue weighted by Gasteiger charge is -2.15. The van der Waals surface area contributed by atoms with E-state index >= 15 is 0 Å². The van der Waals surface area contributed by atoms with E-state index in [4.69, 9.17) is 10.5 Å². The molecule has 1 amide bonds. The maximum atomic E-state index is 14.1. The molecule has 140 valence electrons. The van der Waals surface area contributed by atoms with Gasteiger partial charge in [0.2, 0.25) is 11.8 Å². The van der Waals surface area contributed by atoms with Crippen molar-refractivity contribution in [1.82, 2.24) is 4.98 Å². The van der Waals surface area contributed by atoms with Crippen LogP contribution in [-0.4, -0.2) is 18.0 Å². The molecule has 2 aromatic carbocycles. The number of amides is 1. The minimum Gasteiger partial charge on any atom is -0.481 e. The van der Waals surface area contributed by atoms with Gasteiger partial charge in [0.05, 0.1) is 12.8 Å². The van der Waals surface area contributed by atoms with Gasteiger partial charge >= 0.3 is 0 Å². The molecule has 27 heavy (non-hydrogen) atoms. The minimum absolute atomic E-state index is 0.152. The number of primary amides is 1. The van der Waals surface area contributed by atoms with E-state index in [-0.39, 0.29) is 17.6 Å². The standard InChI is InChI=1S/C22H23FN2O2/c1-3-14(12-21(24)26)11-17-9-10-20(25-22(17)27-2)16-8-7-15-5-4-6-19(23)18(15)13-16/h4-10,13-14H,3,11-12H2,1-2H3,(H2,24,26). The van der Waals surface area contributed by atoms with Crippen LogP contribution in [0.25, 0.3) is 22.0 Å². The first-order chi connectivity index (χ1) is 13.0. The second-order valence-corrected chi connectivity index (χ2v) is 6.69. The molecular formula is C22H23FN2O2. The van der Waals surface area contributed by atoms with Crippen molar-refractivity contribution in [2.45, 2.75) is 26.2 Å². The molecule has 4 nitrogen and oxygen atoms in total. The Morgan fingerprint density at radius 2 is 2.04 bits per heavy atom. The highest BCUT2D eigenvalue weighted by Crippen LogP contribution is 2.29. The van der Waals surface area contributed by atoms with Crippen LogP contribution >= 0.6 is 0 Å². The van der Waals surface area contributed by atoms with Crippen LogP contribution in [0.3, 0.4) is 0 Å². The van der Waals surface area contributed by atoms with Crippen molar-refractivity contribution >= 4 is 16.7 Å². The van der Waals surface area contributed by atoms with E-state index in [1.165, 1.54) is 6.07 Å². The van der Waals surface area contributed by atoms with Crippen LogP contribution in [0, 0.1) is 11.7 Å². The summed E-state index contributed by atoms with van der Waals surface area (Å²) in [7, 11) is 1.57. The number of nitrogens with zero attached hydrogens (tertiary/aromatic N) is 1. The minimum atomic E-state index is -0.302. The normalized spacial score (nSPS) is 12.1. The Bertz CT molecular complexity index is 972. The Kier molecular flexibility index (Phi) is 5.69. The van der Waals surface area contributed by atoms with Crippen LogP contribution in [0.5, 0.6) is 5.88 Å². The van der Waals surface area contributed by atoms with Gasteiger partial charge in [0, 0.05) is 22.9 Å². The summed E-state index contributed by atoms with van der Waals surface area (Å²) in [6, 6.07) is 14.5. The van der Waals surface area contributed by atoms with Gasteiger partial charge in [0.25, 0.3) is 0 Å². The number of fused-ring (bicyclic) bond motifs is 1. The summed E-state index contributed by atoms with van der Waals surface area (Å²) in [5.41, 5.74) is 7.80. The van der Waals surface area contributed by atoms with E-state index < -0.39 is 0 Å². The lowest BCUT2D eigenvalue weighted by Crippen LogP contribution is -2.17. The van der Waals surface area contributed by atoms with Crippen LogP contribution in [-0.2, 0) is 11.2 Å². The predicted octanol–water partition coefficient (Wildman–Crippen LogP) is 4.49. The van der Waals surface area contributed by atoms with Crippen molar-refractivity contribution in [3.8, 4) is 17.1 Å². The maximum Gasteiger partial charge on any atom is 0.217 e. The molecule has 1 atom stereocenters. The molecule has 0 aliphatic rings. The molecular weight excluding hydrogens is 343 g/mol. The van der Waals surface area contributed by atoms with Gasteiger partial charge in [-0.15, -0.1) is 0 Å². The van der Waals surface area contributed by atoms with Gasteiger partial charge < -0.3 is 10.5 Å². The number of aromatic nitrogens is 1. The lowest BCUT2D eigenvalue weighted by molar-refractivity contribution is -0.118. The molecule has 3 aromatic rings. The van der Waals surface area contributed by atoms with Gasteiger partial charge in [0.15, 0.2) is 0 Å². The van der Waals surface area contributed by atoms with E-state index in [2.05, 4.69) is 4.98 Å². The average Bonchev–Trinajstić information content (AvgIpc) is 2.67. The SMILES string of the molecule is CCC(CC(N)=O)Cc1ccc(-c2ccc3cccc(F)c3c2)nc1OC. The first kappa shape index (κ1) is 18.8. The summed E-state index contributed by atoms with van der Waals surface area (Å²) >= 11 is 0. The first-order valence-electron chi connectivity index (χ1n) is 9.02. The maximum absolute atomic E-state index is 14.1. The zero-order chi connectivity index (χ0) is 19.4. The van der Waals surface area contributed by atoms with Gasteiger partial charge in [-0.2, -0.15) is 0 Å². The third-order valence-corrected chi connectivity index (χ3v) is 4.83. The Morgan fingerprint density at radius 3 is 2.74 bits per heavy atom. The Morgan fingerprint density at radius 1 is 1.22 bits per heavy atom. The van der Waals surface area contributed by atoms with Crippen LogP contribution in [0.1, 0.15) is 25.3 Å². The highest BCUT2D eigenvalue weighted by atomic mass is 19.1. The largest absolute Gasteiger partial charge is 0.481 e. The highest BCUT2D eigenvalue weighted by molar-refractivity contribution is 5.87. The Balaban J connectivity index is 1.94. The van der Waals surface area contributed by atoms with Crippen LogP contribution < -0.4 is 10.5 Å². The number of pyridine rings is 1. The van der Waals surface area contributed by atoms with Gasteiger partial charge in [-0.3, -0.25) is 4.79 Å². The molecule has 5 heteroatoms. The number of ether oxygens (including phenoxy) is 1. The van der Waals surface area contributed by atoms with Crippen LogP contribution in [0.15, 0.2) is 48.5 Å². The Labute approximate surface area is 158 Å². The van der Waals surface area contributed by atoms with Gasteiger partial charge in [-0.1, -0.05) is 43.7 Å². The number of halogens is 1. The molecule has 1 unspecified atom stereocenters. The summed E-state index contributed by atoms with van der Waals surface area (Å²) in [5, 5.41) is 1.41. The molecule has 0 aliphatic carbocycles. The summed E-state index contributed by atoms with van der Waals surface area (Å²) in [5.74, 6) is 0.113. The number of methoxy groups -OCH3 is 1. The van der Waals surface area contributed by atoms with Gasteiger partial charge in [-0.05, 0) is 35.9 Å². The fraction of sp³-hybridized carbons (Fsp3) is 0.273. The van der Waals surface area contributed by atoms with Crippen molar-refractivity contribution in [1.29, 1.82) is 0 Å². The van der Waals surface area contributed by atoms with Crippen molar-refractivity contribution < 1.29 is 13.9 Å². The van der Waals surface area contributed by atoms with Gasteiger partial charge in [-0.25, -0.2) is 9.37 Å². The fourth-order valence-electron chi connectivity index (χ4n) is 3.31. The third-order valence-electron chi connectivity index (χ3n) is 4.83. The molecule has 0 spiro atoms. The molecule has 0 saturated carbocycles. The number of benzene rings is 2. The highest BCUT2D eigenvalue weighted by Gasteiger charge is 2.15. The third kappa shape index (κ3) is 4.25. The zero-order valence-electron chi connectivity index (χ0n) is 15.5. The smallest absolute Gasteiger partial charge is 0.217 e. The monoisotopic (exact) mass is 366 g/mol. The van der Waals surface area contributed by atoms with E-state index in [0.717, 1.165) is 22.9 Å². The van der Waals surface area contributed by atoms with Gasteiger partial charge in [0.1, 0.15) is 5.82 Å². The summed E-state index contributed by atoms with van der Waals surface area (Å²) in [6.45, 7) is 2.03. The molecule has 1 aromatic heterocycles. The van der Waals surface area contributed by atoms with E-state index in [9.17, 15) is 9.18 Å². The van der Waals surface area contributed by atoms with E-state index in [1.54, 1.807) is 19.2 Å². The number of hydrogen-bond acceptors (Lipinski definition) is 3. The zero-order valence-corrected chi connectivity index (χ0v) is 15.5. The fourth-order valence-corrected chi connectivity index (χ4v) is 3.31. The Hall–Kier alpha value is -2.95. The first-order valence-corrected chi connectivity index (χ1v) is 9.02. The molecule has 2 N–H and O–H groups in total. The number of carbonyl (C=O) groups is 1. The predicted molar refractivity (Wildman–Crippen MR) is 105 cm³/mol. The molecule has 0 aliphatic heterocycles. The molecule has 1 heterocycles. The van der Waals surface area contributed by atoms with Crippen molar-refractivity contribution in [3.05, 3.63) is 59.9 Å². The molecule has 0 radical (unpaired) electrons. The van der Waals surface area contributed by atoms with E-state index in [1.807, 2.05) is 37.3 Å². The second kappa shape index (κ2) is 8.16. The number of hydrogen-bond donors (Lipinski definition) is 1. The summed E-state index contributed by atoms with van der Waals surface area (Å²) in [6.07, 6.45) is 1.85. The molecule has 0 bridgehead atoms. The molecule has 0 saturated heterocycles. The van der Waals surface area contributed by atoms with Crippen molar-refractivity contribution in [2.75, 3.05) is 7.11 Å². The number of carbonyl (C=O) groups excluding carboxylic acids is 1. The lowest BCUT2D eigenvalue weighted by atomic mass is 9.93. The average molecular weight is 366 g/mol. The topological polar surface area (TPSA) is 65.2 Å². The number of rotatable bonds is 7. The second-order valence-electron chi connectivity index (χ2n) is 6.69. The number of nitrogens with two attached hydrogens (primary N) is 1.